The van der Waals surface area contributed by atoms with Gasteiger partial charge in [0.05, 0.1) is 0 Å². The summed E-state index contributed by atoms with van der Waals surface area (Å²) in [5, 5.41) is 0. The van der Waals surface area contributed by atoms with Crippen LogP contribution in [-0.2, 0) is 17.6 Å². The Morgan fingerprint density at radius 3 is 1.75 bits per heavy atom. The summed E-state index contributed by atoms with van der Waals surface area (Å²) in [6.07, 6.45) is 0.924. The Kier molecular flexibility index (Phi) is 4.61. The number of carbonyl (C=O) groups is 1. The van der Waals surface area contributed by atoms with Crippen molar-refractivity contribution in [2.45, 2.75) is 19.8 Å². The van der Waals surface area contributed by atoms with Crippen molar-refractivity contribution in [3.8, 4) is 0 Å². The molecule has 0 aliphatic heterocycles. The monoisotopic (exact) mass is 274 g/mol. The molecule has 3 heteroatoms. The topological polar surface area (TPSA) is 17.1 Å². The fraction of sp³-hybridized carbons (Fsp3) is 0.235. The Morgan fingerprint density at radius 1 is 0.950 bits per heavy atom. The van der Waals surface area contributed by atoms with Crippen LogP contribution in [-0.4, -0.2) is 5.78 Å². The van der Waals surface area contributed by atoms with Crippen LogP contribution in [0.15, 0.2) is 48.5 Å². The third-order valence-electron chi connectivity index (χ3n) is 3.32. The van der Waals surface area contributed by atoms with Crippen LogP contribution in [0.3, 0.4) is 0 Å². The predicted molar refractivity (Wildman–Crippen MR) is 74.4 cm³/mol. The second-order valence-corrected chi connectivity index (χ2v) is 4.98. The highest BCUT2D eigenvalue weighted by Crippen LogP contribution is 2.17. The number of hydrogen-bond acceptors (Lipinski definition) is 1. The second-order valence-electron chi connectivity index (χ2n) is 4.98. The molecule has 0 aliphatic rings. The van der Waals surface area contributed by atoms with Gasteiger partial charge in [0.2, 0.25) is 0 Å². The first-order chi connectivity index (χ1) is 9.54. The molecule has 0 aromatic heterocycles. The maximum Gasteiger partial charge on any atom is 0.133 e. The van der Waals surface area contributed by atoms with Crippen LogP contribution in [0.2, 0.25) is 0 Å². The molecule has 1 nitrogen and oxygen atoms in total. The lowest BCUT2D eigenvalue weighted by atomic mass is 9.90. The Morgan fingerprint density at radius 2 is 1.40 bits per heavy atom. The number of ketones is 1. The van der Waals surface area contributed by atoms with Crippen LogP contribution in [0.25, 0.3) is 0 Å². The molecule has 0 saturated heterocycles. The minimum atomic E-state index is -0.310. The average molecular weight is 274 g/mol. The molecule has 20 heavy (non-hydrogen) atoms. The van der Waals surface area contributed by atoms with E-state index in [-0.39, 0.29) is 23.3 Å². The van der Waals surface area contributed by atoms with Crippen LogP contribution in [0, 0.1) is 17.6 Å². The molecule has 0 aliphatic carbocycles. The van der Waals surface area contributed by atoms with Gasteiger partial charge in [0.1, 0.15) is 17.4 Å². The Labute approximate surface area is 117 Å². The second kappa shape index (κ2) is 6.42. The van der Waals surface area contributed by atoms with Gasteiger partial charge in [-0.3, -0.25) is 4.79 Å². The van der Waals surface area contributed by atoms with E-state index < -0.39 is 0 Å². The number of rotatable bonds is 5. The molecule has 104 valence electrons. The van der Waals surface area contributed by atoms with Crippen molar-refractivity contribution < 1.29 is 13.6 Å². The number of benzene rings is 2. The van der Waals surface area contributed by atoms with Gasteiger partial charge in [-0.15, -0.1) is 0 Å². The molecule has 0 spiro atoms. The van der Waals surface area contributed by atoms with Crippen molar-refractivity contribution in [1.82, 2.24) is 0 Å². The van der Waals surface area contributed by atoms with Crippen LogP contribution in [0.5, 0.6) is 0 Å². The molecule has 0 radical (unpaired) electrons. The minimum Gasteiger partial charge on any atom is -0.300 e. The van der Waals surface area contributed by atoms with Gasteiger partial charge in [-0.1, -0.05) is 24.3 Å². The summed E-state index contributed by atoms with van der Waals surface area (Å²) in [6, 6.07) is 12.5. The Bertz CT molecular complexity index is 560. The number of halogens is 2. The van der Waals surface area contributed by atoms with Crippen LogP contribution >= 0.6 is 0 Å². The van der Waals surface area contributed by atoms with E-state index in [2.05, 4.69) is 0 Å². The molecular weight excluding hydrogens is 258 g/mol. The summed E-state index contributed by atoms with van der Waals surface area (Å²) in [5.74, 6) is -0.858. The molecule has 0 bridgehead atoms. The lowest BCUT2D eigenvalue weighted by molar-refractivity contribution is -0.120. The van der Waals surface area contributed by atoms with Gasteiger partial charge >= 0.3 is 0 Å². The lowest BCUT2D eigenvalue weighted by Gasteiger charge is -2.14. The zero-order valence-corrected chi connectivity index (χ0v) is 11.3. The lowest BCUT2D eigenvalue weighted by Crippen LogP contribution is -2.17. The van der Waals surface area contributed by atoms with Crippen LogP contribution in [0.1, 0.15) is 18.1 Å². The highest BCUT2D eigenvalue weighted by atomic mass is 19.1. The standard InChI is InChI=1S/C17H16F2O/c1-12(20)15(8-13-4-2-6-16(18)10-13)9-14-5-3-7-17(19)11-14/h2-7,10-11,15H,8-9H2,1H3. The molecule has 0 fully saturated rings. The van der Waals surface area contributed by atoms with E-state index in [4.69, 9.17) is 0 Å². The van der Waals surface area contributed by atoms with E-state index in [9.17, 15) is 13.6 Å². The molecule has 0 atom stereocenters. The molecule has 0 unspecified atom stereocenters. The molecule has 0 N–H and O–H groups in total. The van der Waals surface area contributed by atoms with Gasteiger partial charge in [-0.2, -0.15) is 0 Å². The van der Waals surface area contributed by atoms with E-state index in [1.165, 1.54) is 31.2 Å². The highest BCUT2D eigenvalue weighted by molar-refractivity contribution is 5.78. The van der Waals surface area contributed by atoms with E-state index in [0.717, 1.165) is 11.1 Å². The zero-order valence-electron chi connectivity index (χ0n) is 11.3. The minimum absolute atomic E-state index is 0.0264. The molecule has 0 saturated carbocycles. The summed E-state index contributed by atoms with van der Waals surface area (Å²) in [7, 11) is 0. The van der Waals surface area contributed by atoms with Gasteiger partial charge in [-0.05, 0) is 55.2 Å². The largest absolute Gasteiger partial charge is 0.300 e. The van der Waals surface area contributed by atoms with E-state index in [1.807, 2.05) is 0 Å². The third-order valence-corrected chi connectivity index (χ3v) is 3.32. The molecule has 2 aromatic rings. The molecule has 2 aromatic carbocycles. The van der Waals surface area contributed by atoms with Crippen molar-refractivity contribution in [3.05, 3.63) is 71.3 Å². The smallest absolute Gasteiger partial charge is 0.133 e. The maximum absolute atomic E-state index is 13.2. The quantitative estimate of drug-likeness (QED) is 0.806. The van der Waals surface area contributed by atoms with Crippen molar-refractivity contribution in [2.24, 2.45) is 5.92 Å². The molecular formula is C17H16F2O. The van der Waals surface area contributed by atoms with Gasteiger partial charge in [0.25, 0.3) is 0 Å². The summed E-state index contributed by atoms with van der Waals surface area (Å²) in [5.41, 5.74) is 1.56. The van der Waals surface area contributed by atoms with Crippen LogP contribution in [0.4, 0.5) is 8.78 Å². The first kappa shape index (κ1) is 14.4. The Hall–Kier alpha value is -2.03. The predicted octanol–water partition coefficient (Wildman–Crippen LogP) is 3.96. The van der Waals surface area contributed by atoms with Crippen molar-refractivity contribution in [2.75, 3.05) is 0 Å². The van der Waals surface area contributed by atoms with Crippen molar-refractivity contribution >= 4 is 5.78 Å². The fourth-order valence-corrected chi connectivity index (χ4v) is 2.26. The normalized spacial score (nSPS) is 10.8. The summed E-state index contributed by atoms with van der Waals surface area (Å²) >= 11 is 0. The maximum atomic E-state index is 13.2. The van der Waals surface area contributed by atoms with E-state index in [0.29, 0.717) is 12.8 Å². The van der Waals surface area contributed by atoms with E-state index in [1.54, 1.807) is 24.3 Å². The average Bonchev–Trinajstić information content (AvgIpc) is 2.38. The first-order valence-corrected chi connectivity index (χ1v) is 6.54. The van der Waals surface area contributed by atoms with Gasteiger partial charge in [0, 0.05) is 5.92 Å². The van der Waals surface area contributed by atoms with Gasteiger partial charge in [-0.25, -0.2) is 8.78 Å². The molecule has 0 amide bonds. The van der Waals surface area contributed by atoms with Crippen LogP contribution < -0.4 is 0 Å². The van der Waals surface area contributed by atoms with Gasteiger partial charge < -0.3 is 0 Å². The zero-order chi connectivity index (χ0) is 14.5. The SMILES string of the molecule is CC(=O)C(Cc1cccc(F)c1)Cc1cccc(F)c1. The van der Waals surface area contributed by atoms with Crippen molar-refractivity contribution in [3.63, 3.8) is 0 Å². The molecule has 2 rings (SSSR count). The summed E-state index contributed by atoms with van der Waals surface area (Å²) in [6.45, 7) is 1.52. The summed E-state index contributed by atoms with van der Waals surface area (Å²) < 4.78 is 26.3. The number of carbonyl (C=O) groups excluding carboxylic acids is 1. The number of Topliss-reactive ketones (excluding diaryl/α,β-unsaturated/α-hetero) is 1. The van der Waals surface area contributed by atoms with E-state index >= 15 is 0 Å². The highest BCUT2D eigenvalue weighted by Gasteiger charge is 2.16. The van der Waals surface area contributed by atoms with Crippen molar-refractivity contribution in [1.29, 1.82) is 0 Å². The molecule has 0 heterocycles. The third kappa shape index (κ3) is 3.98. The number of hydrogen-bond donors (Lipinski definition) is 0. The summed E-state index contributed by atoms with van der Waals surface area (Å²) in [4.78, 5) is 11.7. The first-order valence-electron chi connectivity index (χ1n) is 6.54. The van der Waals surface area contributed by atoms with Gasteiger partial charge in [0.15, 0.2) is 0 Å². The fourth-order valence-electron chi connectivity index (χ4n) is 2.26. The Balaban J connectivity index is 2.13.